The first-order valence-corrected chi connectivity index (χ1v) is 7.40. The van der Waals surface area contributed by atoms with E-state index in [1.165, 1.54) is 0 Å². The second kappa shape index (κ2) is 6.51. The monoisotopic (exact) mass is 301 g/mol. The zero-order valence-corrected chi connectivity index (χ0v) is 12.5. The van der Waals surface area contributed by atoms with Gasteiger partial charge in [-0.3, -0.25) is 9.48 Å². The van der Waals surface area contributed by atoms with Crippen LogP contribution in [0.2, 0.25) is 0 Å². The molecule has 0 bridgehead atoms. The number of nitrogens with zero attached hydrogens (tertiary/aromatic N) is 3. The smallest absolute Gasteiger partial charge is 0.244 e. The summed E-state index contributed by atoms with van der Waals surface area (Å²) in [5.74, 6) is 1.51. The van der Waals surface area contributed by atoms with Crippen molar-refractivity contribution in [3.8, 4) is 11.5 Å². The van der Waals surface area contributed by atoms with Crippen molar-refractivity contribution in [2.45, 2.75) is 19.6 Å². The molecule has 1 aliphatic rings. The SMILES string of the molecule is CCN(CC1COc2ccccc2O1)C(=O)Cn1cccn1. The Morgan fingerprint density at radius 2 is 2.18 bits per heavy atom. The molecule has 116 valence electrons. The number of hydrogen-bond acceptors (Lipinski definition) is 4. The first kappa shape index (κ1) is 14.4. The van der Waals surface area contributed by atoms with E-state index in [1.807, 2.05) is 31.2 Å². The van der Waals surface area contributed by atoms with Crippen LogP contribution >= 0.6 is 0 Å². The van der Waals surface area contributed by atoms with Crippen LogP contribution in [0.3, 0.4) is 0 Å². The molecule has 1 aromatic heterocycles. The first-order valence-electron chi connectivity index (χ1n) is 7.40. The molecule has 3 rings (SSSR count). The van der Waals surface area contributed by atoms with Gasteiger partial charge in [0.15, 0.2) is 17.6 Å². The maximum atomic E-state index is 12.3. The van der Waals surface area contributed by atoms with E-state index in [4.69, 9.17) is 9.47 Å². The number of benzene rings is 1. The fraction of sp³-hybridized carbons (Fsp3) is 0.375. The Morgan fingerprint density at radius 1 is 1.36 bits per heavy atom. The molecule has 0 spiro atoms. The molecule has 0 fully saturated rings. The van der Waals surface area contributed by atoms with E-state index in [-0.39, 0.29) is 18.6 Å². The normalized spacial score (nSPS) is 16.3. The number of hydrogen-bond donors (Lipinski definition) is 0. The van der Waals surface area contributed by atoms with E-state index in [0.29, 0.717) is 19.7 Å². The van der Waals surface area contributed by atoms with Crippen LogP contribution in [0.1, 0.15) is 6.92 Å². The van der Waals surface area contributed by atoms with Crippen LogP contribution in [0.4, 0.5) is 0 Å². The summed E-state index contributed by atoms with van der Waals surface area (Å²) in [5.41, 5.74) is 0. The van der Waals surface area contributed by atoms with Crippen molar-refractivity contribution in [1.29, 1.82) is 0 Å². The maximum absolute atomic E-state index is 12.3. The van der Waals surface area contributed by atoms with Crippen LogP contribution in [-0.4, -0.2) is 46.4 Å². The third-order valence-electron chi connectivity index (χ3n) is 3.58. The van der Waals surface area contributed by atoms with Gasteiger partial charge in [-0.25, -0.2) is 0 Å². The maximum Gasteiger partial charge on any atom is 0.244 e. The van der Waals surface area contributed by atoms with Gasteiger partial charge in [0.25, 0.3) is 0 Å². The summed E-state index contributed by atoms with van der Waals surface area (Å²) < 4.78 is 13.2. The van der Waals surface area contributed by atoms with E-state index in [0.717, 1.165) is 11.5 Å². The van der Waals surface area contributed by atoms with E-state index in [2.05, 4.69) is 5.10 Å². The third-order valence-corrected chi connectivity index (χ3v) is 3.58. The summed E-state index contributed by atoms with van der Waals surface area (Å²) in [4.78, 5) is 14.1. The van der Waals surface area contributed by atoms with Crippen LogP contribution in [-0.2, 0) is 11.3 Å². The number of fused-ring (bicyclic) bond motifs is 1. The van der Waals surface area contributed by atoms with E-state index >= 15 is 0 Å². The first-order chi connectivity index (χ1) is 10.8. The van der Waals surface area contributed by atoms with Crippen LogP contribution in [0, 0.1) is 0 Å². The fourth-order valence-electron chi connectivity index (χ4n) is 2.44. The Morgan fingerprint density at radius 3 is 2.91 bits per heavy atom. The summed E-state index contributed by atoms with van der Waals surface area (Å²) >= 11 is 0. The lowest BCUT2D eigenvalue weighted by Gasteiger charge is -2.30. The van der Waals surface area contributed by atoms with Crippen molar-refractivity contribution in [2.24, 2.45) is 0 Å². The molecule has 0 aliphatic carbocycles. The molecule has 1 atom stereocenters. The van der Waals surface area contributed by atoms with Crippen LogP contribution < -0.4 is 9.47 Å². The number of rotatable bonds is 5. The van der Waals surface area contributed by atoms with E-state index in [1.54, 1.807) is 28.0 Å². The molecule has 2 heterocycles. The molecule has 0 N–H and O–H groups in total. The second-order valence-corrected chi connectivity index (χ2v) is 5.13. The van der Waals surface area contributed by atoms with Gasteiger partial charge < -0.3 is 14.4 Å². The predicted octanol–water partition coefficient (Wildman–Crippen LogP) is 1.57. The molecule has 0 saturated carbocycles. The third kappa shape index (κ3) is 3.21. The van der Waals surface area contributed by atoms with Gasteiger partial charge >= 0.3 is 0 Å². The number of ether oxygens (including phenoxy) is 2. The van der Waals surface area contributed by atoms with Gasteiger partial charge in [0, 0.05) is 18.9 Å². The zero-order valence-electron chi connectivity index (χ0n) is 12.5. The number of likely N-dealkylation sites (N-methyl/N-ethyl adjacent to an activating group) is 1. The Hall–Kier alpha value is -2.50. The van der Waals surface area contributed by atoms with Gasteiger partial charge in [-0.15, -0.1) is 0 Å². The summed E-state index contributed by atoms with van der Waals surface area (Å²) in [6, 6.07) is 9.38. The zero-order chi connectivity index (χ0) is 15.4. The molecule has 6 nitrogen and oxygen atoms in total. The highest BCUT2D eigenvalue weighted by atomic mass is 16.6. The average Bonchev–Trinajstić information content (AvgIpc) is 3.05. The number of aromatic nitrogens is 2. The Balaban J connectivity index is 1.60. The van der Waals surface area contributed by atoms with E-state index < -0.39 is 0 Å². The second-order valence-electron chi connectivity index (χ2n) is 5.13. The summed E-state index contributed by atoms with van der Waals surface area (Å²) in [7, 11) is 0. The molecule has 1 aromatic carbocycles. The minimum atomic E-state index is -0.156. The average molecular weight is 301 g/mol. The molecule has 0 radical (unpaired) electrons. The summed E-state index contributed by atoms with van der Waals surface area (Å²) in [6.07, 6.45) is 3.29. The molecular formula is C16H19N3O3. The van der Waals surface area contributed by atoms with E-state index in [9.17, 15) is 4.79 Å². The van der Waals surface area contributed by atoms with Gasteiger partial charge in [-0.1, -0.05) is 12.1 Å². The molecule has 1 amide bonds. The van der Waals surface area contributed by atoms with Gasteiger partial charge in [0.05, 0.1) is 6.54 Å². The van der Waals surface area contributed by atoms with Gasteiger partial charge in [0.2, 0.25) is 5.91 Å². The highest BCUT2D eigenvalue weighted by Gasteiger charge is 2.24. The predicted molar refractivity (Wildman–Crippen MR) is 80.8 cm³/mol. The molecule has 1 unspecified atom stereocenters. The Kier molecular flexibility index (Phi) is 4.27. The van der Waals surface area contributed by atoms with Crippen molar-refractivity contribution < 1.29 is 14.3 Å². The highest BCUT2D eigenvalue weighted by molar-refractivity contribution is 5.75. The van der Waals surface area contributed by atoms with Gasteiger partial charge in [-0.2, -0.15) is 5.10 Å². The molecule has 2 aromatic rings. The molecule has 6 heteroatoms. The lowest BCUT2D eigenvalue weighted by Crippen LogP contribution is -2.44. The number of carbonyl (C=O) groups is 1. The largest absolute Gasteiger partial charge is 0.486 e. The van der Waals surface area contributed by atoms with Gasteiger partial charge in [-0.05, 0) is 25.1 Å². The van der Waals surface area contributed by atoms with Crippen molar-refractivity contribution in [3.63, 3.8) is 0 Å². The standard InChI is InChI=1S/C16H19N3O3/c1-2-18(16(20)11-19-9-5-8-17-19)10-13-12-21-14-6-3-4-7-15(14)22-13/h3-9,13H,2,10-12H2,1H3. The van der Waals surface area contributed by atoms with Crippen LogP contribution in [0.25, 0.3) is 0 Å². The van der Waals surface area contributed by atoms with Crippen molar-refractivity contribution in [3.05, 3.63) is 42.7 Å². The number of para-hydroxylation sites is 2. The van der Waals surface area contributed by atoms with Crippen molar-refractivity contribution >= 4 is 5.91 Å². The van der Waals surface area contributed by atoms with Crippen LogP contribution in [0.5, 0.6) is 11.5 Å². The quantitative estimate of drug-likeness (QED) is 0.841. The Labute approximate surface area is 129 Å². The van der Waals surface area contributed by atoms with Crippen molar-refractivity contribution in [1.82, 2.24) is 14.7 Å². The minimum Gasteiger partial charge on any atom is -0.486 e. The molecular weight excluding hydrogens is 282 g/mol. The minimum absolute atomic E-state index is 0.0219. The topological polar surface area (TPSA) is 56.6 Å². The summed E-state index contributed by atoms with van der Waals surface area (Å²) in [6.45, 7) is 3.78. The molecule has 22 heavy (non-hydrogen) atoms. The lowest BCUT2D eigenvalue weighted by molar-refractivity contribution is -0.133. The molecule has 1 aliphatic heterocycles. The van der Waals surface area contributed by atoms with Crippen molar-refractivity contribution in [2.75, 3.05) is 19.7 Å². The molecule has 0 saturated heterocycles. The summed E-state index contributed by atoms with van der Waals surface area (Å²) in [5, 5.41) is 4.06. The fourth-order valence-corrected chi connectivity index (χ4v) is 2.44. The lowest BCUT2D eigenvalue weighted by atomic mass is 10.2. The van der Waals surface area contributed by atoms with Crippen LogP contribution in [0.15, 0.2) is 42.7 Å². The number of amides is 1. The highest BCUT2D eigenvalue weighted by Crippen LogP contribution is 2.30. The van der Waals surface area contributed by atoms with Gasteiger partial charge in [0.1, 0.15) is 13.2 Å². The Bertz CT molecular complexity index is 627. The number of carbonyl (C=O) groups excluding carboxylic acids is 1.